The molecule has 20 heavy (non-hydrogen) atoms. The highest BCUT2D eigenvalue weighted by molar-refractivity contribution is 5.67. The van der Waals surface area contributed by atoms with Crippen LogP contribution in [0.2, 0.25) is 0 Å². The Labute approximate surface area is 122 Å². The molecule has 0 aromatic heterocycles. The van der Waals surface area contributed by atoms with Gasteiger partial charge in [-0.1, -0.05) is 6.92 Å². The molecule has 5 nitrogen and oxygen atoms in total. The van der Waals surface area contributed by atoms with Gasteiger partial charge < -0.3 is 15.2 Å². The van der Waals surface area contributed by atoms with Crippen molar-refractivity contribution in [3.63, 3.8) is 0 Å². The van der Waals surface area contributed by atoms with Crippen molar-refractivity contribution in [2.45, 2.75) is 58.6 Å². The Bertz CT molecular complexity index is 302. The maximum atomic E-state index is 11.7. The second-order valence-electron chi connectivity index (χ2n) is 6.68. The van der Waals surface area contributed by atoms with Crippen LogP contribution in [0, 0.1) is 5.92 Å². The van der Waals surface area contributed by atoms with Crippen molar-refractivity contribution in [3.8, 4) is 0 Å². The number of carbonyl (C=O) groups is 1. The largest absolute Gasteiger partial charge is 0.444 e. The average molecular weight is 286 g/mol. The summed E-state index contributed by atoms with van der Waals surface area (Å²) in [5, 5.41) is 11.9. The molecule has 5 heteroatoms. The van der Waals surface area contributed by atoms with Crippen molar-refractivity contribution in [2.24, 2.45) is 5.92 Å². The first-order valence-corrected chi connectivity index (χ1v) is 7.65. The molecule has 1 aliphatic rings. The lowest BCUT2D eigenvalue weighted by Crippen LogP contribution is -2.51. The molecule has 0 aromatic carbocycles. The van der Waals surface area contributed by atoms with Crippen molar-refractivity contribution in [2.75, 3.05) is 26.2 Å². The van der Waals surface area contributed by atoms with Crippen LogP contribution < -0.4 is 5.32 Å². The molecule has 1 heterocycles. The van der Waals surface area contributed by atoms with Crippen LogP contribution in [0.25, 0.3) is 0 Å². The van der Waals surface area contributed by atoms with E-state index in [0.29, 0.717) is 18.5 Å². The molecule has 0 bridgehead atoms. The number of aliphatic hydroxyl groups excluding tert-OH is 1. The summed E-state index contributed by atoms with van der Waals surface area (Å²) in [4.78, 5) is 14.1. The standard InChI is InChI=1S/C15H30N2O3/c1-12-7-5-8-17(9-6-10-18)13(12)11-16-14(19)20-15(2,3)4/h12-13,18H,5-11H2,1-4H3,(H,16,19). The Balaban J connectivity index is 2.46. The molecule has 0 aromatic rings. The number of likely N-dealkylation sites (tertiary alicyclic amines) is 1. The van der Waals surface area contributed by atoms with Crippen molar-refractivity contribution >= 4 is 6.09 Å². The summed E-state index contributed by atoms with van der Waals surface area (Å²) >= 11 is 0. The number of ether oxygens (including phenoxy) is 1. The monoisotopic (exact) mass is 286 g/mol. The van der Waals surface area contributed by atoms with Gasteiger partial charge in [0.1, 0.15) is 5.60 Å². The molecule has 2 N–H and O–H groups in total. The molecule has 0 aliphatic carbocycles. The zero-order valence-electron chi connectivity index (χ0n) is 13.3. The van der Waals surface area contributed by atoms with Crippen LogP contribution in [0.5, 0.6) is 0 Å². The highest BCUT2D eigenvalue weighted by Crippen LogP contribution is 2.23. The van der Waals surface area contributed by atoms with Gasteiger partial charge >= 0.3 is 6.09 Å². The average Bonchev–Trinajstić information content (AvgIpc) is 2.33. The SMILES string of the molecule is CC1CCCN(CCCO)C1CNC(=O)OC(C)(C)C. The number of aliphatic hydroxyl groups is 1. The van der Waals surface area contributed by atoms with E-state index in [9.17, 15) is 4.79 Å². The van der Waals surface area contributed by atoms with Gasteiger partial charge in [0.05, 0.1) is 0 Å². The number of nitrogens with zero attached hydrogens (tertiary/aromatic N) is 1. The summed E-state index contributed by atoms with van der Waals surface area (Å²) in [5.74, 6) is 0.553. The van der Waals surface area contributed by atoms with Crippen LogP contribution in [-0.4, -0.2) is 54.0 Å². The predicted molar refractivity (Wildman–Crippen MR) is 79.7 cm³/mol. The van der Waals surface area contributed by atoms with Gasteiger partial charge in [0.2, 0.25) is 0 Å². The number of hydrogen-bond donors (Lipinski definition) is 2. The van der Waals surface area contributed by atoms with Crippen LogP contribution in [-0.2, 0) is 4.74 Å². The lowest BCUT2D eigenvalue weighted by atomic mass is 9.90. The van der Waals surface area contributed by atoms with Gasteiger partial charge in [-0.05, 0) is 52.5 Å². The van der Waals surface area contributed by atoms with E-state index >= 15 is 0 Å². The Kier molecular flexibility index (Phi) is 6.76. The summed E-state index contributed by atoms with van der Waals surface area (Å²) < 4.78 is 5.27. The molecule has 1 amide bonds. The molecule has 1 fully saturated rings. The van der Waals surface area contributed by atoms with Gasteiger partial charge in [-0.15, -0.1) is 0 Å². The fraction of sp³-hybridized carbons (Fsp3) is 0.933. The first-order valence-electron chi connectivity index (χ1n) is 7.65. The smallest absolute Gasteiger partial charge is 0.407 e. The molecule has 0 saturated carbocycles. The van der Waals surface area contributed by atoms with Crippen LogP contribution in [0.3, 0.4) is 0 Å². The van der Waals surface area contributed by atoms with Gasteiger partial charge in [0.15, 0.2) is 0 Å². The summed E-state index contributed by atoms with van der Waals surface area (Å²) in [6.07, 6.45) is 2.82. The molecular formula is C15H30N2O3. The molecule has 2 atom stereocenters. The molecule has 1 aliphatic heterocycles. The minimum Gasteiger partial charge on any atom is -0.444 e. The Hall–Kier alpha value is -0.810. The van der Waals surface area contributed by atoms with E-state index < -0.39 is 5.60 Å². The minimum atomic E-state index is -0.459. The summed E-state index contributed by atoms with van der Waals surface area (Å²) in [6, 6.07) is 0.336. The highest BCUT2D eigenvalue weighted by Gasteiger charge is 2.28. The van der Waals surface area contributed by atoms with Crippen LogP contribution in [0.15, 0.2) is 0 Å². The number of rotatable bonds is 5. The summed E-state index contributed by atoms with van der Waals surface area (Å²) in [5.41, 5.74) is -0.459. The number of nitrogens with one attached hydrogen (secondary N) is 1. The van der Waals surface area contributed by atoms with Crippen molar-refractivity contribution in [1.29, 1.82) is 0 Å². The third-order valence-electron chi connectivity index (χ3n) is 3.69. The predicted octanol–water partition coefficient (Wildman–Crippen LogP) is 1.99. The van der Waals surface area contributed by atoms with Gasteiger partial charge in [-0.3, -0.25) is 4.90 Å². The van der Waals surface area contributed by atoms with E-state index in [1.165, 1.54) is 12.8 Å². The Morgan fingerprint density at radius 1 is 1.45 bits per heavy atom. The lowest BCUT2D eigenvalue weighted by Gasteiger charge is -2.40. The Morgan fingerprint density at radius 3 is 2.75 bits per heavy atom. The minimum absolute atomic E-state index is 0.219. The molecular weight excluding hydrogens is 256 g/mol. The number of piperidine rings is 1. The maximum Gasteiger partial charge on any atom is 0.407 e. The topological polar surface area (TPSA) is 61.8 Å². The van der Waals surface area contributed by atoms with Crippen LogP contribution in [0.4, 0.5) is 4.79 Å². The molecule has 0 radical (unpaired) electrons. The van der Waals surface area contributed by atoms with E-state index in [0.717, 1.165) is 19.5 Å². The van der Waals surface area contributed by atoms with Gasteiger partial charge in [-0.2, -0.15) is 0 Å². The van der Waals surface area contributed by atoms with Crippen LogP contribution >= 0.6 is 0 Å². The van der Waals surface area contributed by atoms with Gasteiger partial charge in [-0.25, -0.2) is 4.79 Å². The highest BCUT2D eigenvalue weighted by atomic mass is 16.6. The van der Waals surface area contributed by atoms with Crippen molar-refractivity contribution in [3.05, 3.63) is 0 Å². The molecule has 2 unspecified atom stereocenters. The van der Waals surface area contributed by atoms with E-state index in [2.05, 4.69) is 17.1 Å². The number of alkyl carbamates (subject to hydrolysis) is 1. The van der Waals surface area contributed by atoms with E-state index in [1.807, 2.05) is 20.8 Å². The van der Waals surface area contributed by atoms with Crippen molar-refractivity contribution in [1.82, 2.24) is 10.2 Å². The second-order valence-corrected chi connectivity index (χ2v) is 6.68. The quantitative estimate of drug-likeness (QED) is 0.811. The number of amides is 1. The second kappa shape index (κ2) is 7.84. The third kappa shape index (κ3) is 6.09. The zero-order valence-corrected chi connectivity index (χ0v) is 13.3. The van der Waals surface area contributed by atoms with Gasteiger partial charge in [0, 0.05) is 25.7 Å². The van der Waals surface area contributed by atoms with Crippen LogP contribution in [0.1, 0.15) is 47.0 Å². The van der Waals surface area contributed by atoms with E-state index in [1.54, 1.807) is 0 Å². The molecule has 1 saturated heterocycles. The number of carbonyl (C=O) groups excluding carboxylic acids is 1. The van der Waals surface area contributed by atoms with E-state index in [-0.39, 0.29) is 12.7 Å². The maximum absolute atomic E-state index is 11.7. The zero-order chi connectivity index (χ0) is 15.2. The summed E-state index contributed by atoms with van der Waals surface area (Å²) in [6.45, 7) is 10.6. The van der Waals surface area contributed by atoms with Crippen molar-refractivity contribution < 1.29 is 14.6 Å². The fourth-order valence-electron chi connectivity index (χ4n) is 2.72. The summed E-state index contributed by atoms with van der Waals surface area (Å²) in [7, 11) is 0. The lowest BCUT2D eigenvalue weighted by molar-refractivity contribution is 0.0458. The first kappa shape index (κ1) is 17.2. The normalized spacial score (nSPS) is 24.4. The van der Waals surface area contributed by atoms with E-state index in [4.69, 9.17) is 9.84 Å². The fourth-order valence-corrected chi connectivity index (χ4v) is 2.72. The number of hydrogen-bond acceptors (Lipinski definition) is 4. The Morgan fingerprint density at radius 2 is 2.15 bits per heavy atom. The van der Waals surface area contributed by atoms with Gasteiger partial charge in [0.25, 0.3) is 0 Å². The molecule has 118 valence electrons. The first-order chi connectivity index (χ1) is 9.33. The third-order valence-corrected chi connectivity index (χ3v) is 3.69. The molecule has 0 spiro atoms. The molecule has 1 rings (SSSR count).